The molecule has 2 aromatic carbocycles. The topological polar surface area (TPSA) is 55.1 Å². The molecule has 2 aromatic heterocycles. The van der Waals surface area contributed by atoms with Crippen molar-refractivity contribution in [1.82, 2.24) is 19.7 Å². The number of nitrogens with one attached hydrogen (secondary N) is 1. The van der Waals surface area contributed by atoms with E-state index in [1.165, 1.54) is 0 Å². The summed E-state index contributed by atoms with van der Waals surface area (Å²) < 4.78 is 32.0. The molecule has 6 nitrogen and oxygen atoms in total. The molecule has 176 valence electrons. The minimum Gasteiger partial charge on any atom is -0.355 e. The molecule has 1 aliphatic heterocycles. The van der Waals surface area contributed by atoms with E-state index < -0.39 is 6.43 Å². The lowest BCUT2D eigenvalue weighted by Gasteiger charge is -2.33. The third-order valence-electron chi connectivity index (χ3n) is 6.69. The second-order valence-corrected chi connectivity index (χ2v) is 8.92. The normalized spacial score (nSPS) is 13.6. The zero-order chi connectivity index (χ0) is 24.1. The van der Waals surface area contributed by atoms with Crippen LogP contribution in [0.4, 0.5) is 20.2 Å². The molecule has 0 saturated heterocycles. The zero-order valence-electron chi connectivity index (χ0n) is 19.7. The summed E-state index contributed by atoms with van der Waals surface area (Å²) in [6, 6.07) is 7.60. The first-order valence-corrected chi connectivity index (χ1v) is 11.3. The molecule has 34 heavy (non-hydrogen) atoms. The smallest absolute Gasteiger partial charge is 0.264 e. The van der Waals surface area contributed by atoms with Crippen molar-refractivity contribution in [2.24, 2.45) is 14.1 Å². The number of hydrogen-bond donors (Lipinski definition) is 1. The van der Waals surface area contributed by atoms with Gasteiger partial charge in [-0.1, -0.05) is 0 Å². The maximum absolute atomic E-state index is 14.2. The van der Waals surface area contributed by atoms with E-state index in [1.807, 2.05) is 36.9 Å². The van der Waals surface area contributed by atoms with Gasteiger partial charge in [-0.05, 0) is 60.7 Å². The van der Waals surface area contributed by atoms with Gasteiger partial charge in [-0.15, -0.1) is 0 Å². The average molecular weight is 464 g/mol. The van der Waals surface area contributed by atoms with E-state index in [0.717, 1.165) is 52.8 Å². The first-order chi connectivity index (χ1) is 16.3. The molecule has 5 rings (SSSR count). The highest BCUT2D eigenvalue weighted by molar-refractivity contribution is 6.08. The van der Waals surface area contributed by atoms with Gasteiger partial charge >= 0.3 is 0 Å². The first kappa shape index (κ1) is 22.1. The molecule has 0 saturated carbocycles. The van der Waals surface area contributed by atoms with Gasteiger partial charge in [-0.2, -0.15) is 5.10 Å². The Kier molecular flexibility index (Phi) is 5.38. The Morgan fingerprint density at radius 1 is 1.12 bits per heavy atom. The molecule has 0 unspecified atom stereocenters. The van der Waals surface area contributed by atoms with E-state index in [1.54, 1.807) is 37.2 Å². The lowest BCUT2D eigenvalue weighted by molar-refractivity contribution is 0.0964. The second kappa shape index (κ2) is 8.27. The zero-order valence-corrected chi connectivity index (χ0v) is 19.7. The lowest BCUT2D eigenvalue weighted by Crippen LogP contribution is -2.25. The van der Waals surface area contributed by atoms with Gasteiger partial charge in [0.2, 0.25) is 0 Å². The standard InChI is InChI=1S/C26H27F2N5O/c1-15-8-24-19(21(14-31(24)3)26(34)29-2)10-22(15)33-7-5-6-16-9-18(17-12-30-32(4)13-17)20(25(27)28)11-23(16)33/h8-14,25H,5-7H2,1-4H3,(H,29,34). The van der Waals surface area contributed by atoms with Crippen LogP contribution in [0.15, 0.2) is 42.9 Å². The Hall–Kier alpha value is -3.68. The van der Waals surface area contributed by atoms with Crippen LogP contribution in [0.1, 0.15) is 39.9 Å². The second-order valence-electron chi connectivity index (χ2n) is 8.92. The molecular weight excluding hydrogens is 436 g/mol. The number of anilines is 2. The number of carbonyl (C=O) groups excluding carboxylic acids is 1. The van der Waals surface area contributed by atoms with Crippen molar-refractivity contribution in [2.75, 3.05) is 18.5 Å². The van der Waals surface area contributed by atoms with Crippen molar-refractivity contribution >= 4 is 28.2 Å². The van der Waals surface area contributed by atoms with Gasteiger partial charge in [-0.3, -0.25) is 9.48 Å². The number of nitrogens with zero attached hydrogens (tertiary/aromatic N) is 4. The predicted molar refractivity (Wildman–Crippen MR) is 130 cm³/mol. The molecule has 1 amide bonds. The highest BCUT2D eigenvalue weighted by Crippen LogP contribution is 2.43. The van der Waals surface area contributed by atoms with Gasteiger partial charge < -0.3 is 14.8 Å². The van der Waals surface area contributed by atoms with E-state index >= 15 is 0 Å². The highest BCUT2D eigenvalue weighted by Gasteiger charge is 2.26. The lowest BCUT2D eigenvalue weighted by atomic mass is 9.92. The van der Waals surface area contributed by atoms with Crippen LogP contribution >= 0.6 is 0 Å². The van der Waals surface area contributed by atoms with Gasteiger partial charge in [0.25, 0.3) is 12.3 Å². The SMILES string of the molecule is CNC(=O)c1cn(C)c2cc(C)c(N3CCCc4cc(-c5cnn(C)c5)c(C(F)F)cc43)cc12. The molecule has 0 spiro atoms. The van der Waals surface area contributed by atoms with Crippen molar-refractivity contribution in [2.45, 2.75) is 26.2 Å². The third-order valence-corrected chi connectivity index (χ3v) is 6.69. The van der Waals surface area contributed by atoms with Crippen molar-refractivity contribution in [3.63, 3.8) is 0 Å². The van der Waals surface area contributed by atoms with Gasteiger partial charge in [0.05, 0.1) is 11.8 Å². The van der Waals surface area contributed by atoms with Crippen LogP contribution in [0.2, 0.25) is 0 Å². The van der Waals surface area contributed by atoms with E-state index in [-0.39, 0.29) is 11.5 Å². The van der Waals surface area contributed by atoms with Crippen LogP contribution in [0, 0.1) is 6.92 Å². The summed E-state index contributed by atoms with van der Waals surface area (Å²) in [5.41, 5.74) is 6.57. The highest BCUT2D eigenvalue weighted by atomic mass is 19.3. The number of carbonyl (C=O) groups is 1. The molecule has 1 N–H and O–H groups in total. The van der Waals surface area contributed by atoms with Crippen LogP contribution in [-0.2, 0) is 20.5 Å². The molecule has 0 fully saturated rings. The van der Waals surface area contributed by atoms with Crippen LogP contribution in [0.3, 0.4) is 0 Å². The summed E-state index contributed by atoms with van der Waals surface area (Å²) in [6.45, 7) is 2.74. The molecule has 0 bridgehead atoms. The number of halogens is 2. The van der Waals surface area contributed by atoms with Crippen molar-refractivity contribution in [1.29, 1.82) is 0 Å². The minimum absolute atomic E-state index is 0.00291. The van der Waals surface area contributed by atoms with Crippen LogP contribution in [0.5, 0.6) is 0 Å². The number of rotatable bonds is 4. The fourth-order valence-electron chi connectivity index (χ4n) is 5.02. The Bertz CT molecular complexity index is 1420. The van der Waals surface area contributed by atoms with Crippen molar-refractivity contribution in [3.8, 4) is 11.1 Å². The maximum Gasteiger partial charge on any atom is 0.264 e. The number of alkyl halides is 2. The summed E-state index contributed by atoms with van der Waals surface area (Å²) >= 11 is 0. The van der Waals surface area contributed by atoms with Gasteiger partial charge in [0.15, 0.2) is 0 Å². The summed E-state index contributed by atoms with van der Waals surface area (Å²) in [7, 11) is 5.31. The Morgan fingerprint density at radius 3 is 2.59 bits per heavy atom. The Morgan fingerprint density at radius 2 is 1.91 bits per heavy atom. The van der Waals surface area contributed by atoms with Crippen molar-refractivity contribution < 1.29 is 13.6 Å². The fraction of sp³-hybridized carbons (Fsp3) is 0.308. The number of fused-ring (bicyclic) bond motifs is 2. The Labute approximate surface area is 196 Å². The molecule has 0 radical (unpaired) electrons. The Balaban J connectivity index is 1.68. The average Bonchev–Trinajstić information content (AvgIpc) is 3.39. The van der Waals surface area contributed by atoms with Crippen LogP contribution in [-0.4, -0.2) is 33.8 Å². The summed E-state index contributed by atoms with van der Waals surface area (Å²) in [6.07, 6.45) is 4.33. The van der Waals surface area contributed by atoms with Crippen molar-refractivity contribution in [3.05, 3.63) is 65.1 Å². The number of benzene rings is 2. The number of aryl methyl sites for hydroxylation is 4. The number of aromatic nitrogens is 3. The number of hydrogen-bond acceptors (Lipinski definition) is 3. The quantitative estimate of drug-likeness (QED) is 0.449. The minimum atomic E-state index is -2.61. The predicted octanol–water partition coefficient (Wildman–Crippen LogP) is 5.27. The van der Waals surface area contributed by atoms with Crippen LogP contribution < -0.4 is 10.2 Å². The molecule has 0 atom stereocenters. The van der Waals surface area contributed by atoms with E-state index in [4.69, 9.17) is 0 Å². The van der Waals surface area contributed by atoms with E-state index in [2.05, 4.69) is 21.4 Å². The van der Waals surface area contributed by atoms with E-state index in [9.17, 15) is 13.6 Å². The van der Waals surface area contributed by atoms with Gasteiger partial charge in [-0.25, -0.2) is 8.78 Å². The fourth-order valence-corrected chi connectivity index (χ4v) is 5.02. The largest absolute Gasteiger partial charge is 0.355 e. The summed E-state index contributed by atoms with van der Waals surface area (Å²) in [5.74, 6) is -0.152. The molecule has 0 aliphatic carbocycles. The van der Waals surface area contributed by atoms with Crippen LogP contribution in [0.25, 0.3) is 22.0 Å². The summed E-state index contributed by atoms with van der Waals surface area (Å²) in [5, 5.41) is 7.71. The summed E-state index contributed by atoms with van der Waals surface area (Å²) in [4.78, 5) is 14.6. The molecular formula is C26H27F2N5O. The maximum atomic E-state index is 14.2. The molecule has 1 aliphatic rings. The van der Waals surface area contributed by atoms with Gasteiger partial charge in [0, 0.05) is 73.5 Å². The third kappa shape index (κ3) is 3.54. The number of amides is 1. The molecule has 8 heteroatoms. The molecule has 3 heterocycles. The first-order valence-electron chi connectivity index (χ1n) is 11.3. The monoisotopic (exact) mass is 463 g/mol. The van der Waals surface area contributed by atoms with E-state index in [0.29, 0.717) is 16.7 Å². The van der Waals surface area contributed by atoms with Gasteiger partial charge in [0.1, 0.15) is 0 Å². The molecule has 4 aromatic rings.